The van der Waals surface area contributed by atoms with Crippen LogP contribution < -0.4 is 5.32 Å². The van der Waals surface area contributed by atoms with Crippen molar-refractivity contribution < 1.29 is 22.4 Å². The number of aromatic nitrogens is 1. The number of carbonyl (C=O) groups is 1. The average molecular weight is 430 g/mol. The predicted molar refractivity (Wildman–Crippen MR) is 102 cm³/mol. The maximum Gasteiger partial charge on any atom is 0.416 e. The van der Waals surface area contributed by atoms with Gasteiger partial charge in [0.1, 0.15) is 11.7 Å². The van der Waals surface area contributed by atoms with Crippen LogP contribution in [0.3, 0.4) is 0 Å². The smallest absolute Gasteiger partial charge is 0.344 e. The van der Waals surface area contributed by atoms with Gasteiger partial charge in [0, 0.05) is 26.2 Å². The van der Waals surface area contributed by atoms with Crippen molar-refractivity contribution in [2.45, 2.75) is 36.8 Å². The van der Waals surface area contributed by atoms with Crippen molar-refractivity contribution in [1.82, 2.24) is 15.2 Å². The Morgan fingerprint density at radius 3 is 2.45 bits per heavy atom. The molecule has 156 valence electrons. The van der Waals surface area contributed by atoms with E-state index in [1.165, 1.54) is 18.3 Å². The number of likely N-dealkylation sites (tertiary alicyclic amines) is 1. The summed E-state index contributed by atoms with van der Waals surface area (Å²) >= 11 is 0. The van der Waals surface area contributed by atoms with Gasteiger partial charge in [-0.2, -0.15) is 13.2 Å². The van der Waals surface area contributed by atoms with Crippen LogP contribution in [0, 0.1) is 0 Å². The summed E-state index contributed by atoms with van der Waals surface area (Å²) in [5.74, 6) is -0.114. The van der Waals surface area contributed by atoms with Gasteiger partial charge in [0.25, 0.3) is 0 Å². The van der Waals surface area contributed by atoms with Gasteiger partial charge in [-0.3, -0.25) is 15.1 Å². The first kappa shape index (κ1) is 21.5. The lowest BCUT2D eigenvalue weighted by atomic mass is 9.95. The third-order valence-corrected chi connectivity index (χ3v) is 5.61. The zero-order valence-corrected chi connectivity index (χ0v) is 16.4. The number of alkyl halides is 4. The van der Waals surface area contributed by atoms with Crippen molar-refractivity contribution in [3.8, 4) is 11.1 Å². The van der Waals surface area contributed by atoms with Gasteiger partial charge >= 0.3 is 6.18 Å². The van der Waals surface area contributed by atoms with E-state index in [9.17, 15) is 22.4 Å². The predicted octanol–water partition coefficient (Wildman–Crippen LogP) is 4.16. The van der Waals surface area contributed by atoms with Crippen molar-refractivity contribution in [2.24, 2.45) is 0 Å². The summed E-state index contributed by atoms with van der Waals surface area (Å²) in [5, 5.41) is 3.14. The number of carbonyl (C=O) groups excluding carboxylic acids is 1. The molecule has 0 radical (unpaired) electrons. The van der Waals surface area contributed by atoms with Crippen molar-refractivity contribution in [1.29, 1.82) is 0 Å². The average Bonchev–Trinajstić information content (AvgIpc) is 3.15. The Morgan fingerprint density at radius 1 is 1.17 bits per heavy atom. The number of pyridine rings is 1. The van der Waals surface area contributed by atoms with Crippen molar-refractivity contribution in [2.75, 3.05) is 13.6 Å². The summed E-state index contributed by atoms with van der Waals surface area (Å²) in [6.45, 7) is 0.574. The molecule has 3 atom stereocenters. The fraction of sp³-hybridized carbons (Fsp3) is 0.400. The third-order valence-electron chi connectivity index (χ3n) is 5.61. The molecule has 0 bridgehead atoms. The summed E-state index contributed by atoms with van der Waals surface area (Å²) in [4.78, 5) is 18.3. The Labute approximate surface area is 171 Å². The van der Waals surface area contributed by atoms with Gasteiger partial charge in [-0.1, -0.05) is 12.1 Å². The molecule has 2 saturated heterocycles. The first-order valence-corrected chi connectivity index (χ1v) is 9.00. The Hall–Kier alpha value is -2.19. The zero-order valence-electron chi connectivity index (χ0n) is 15.5. The maximum atomic E-state index is 14.8. The number of amides is 1. The Kier molecular flexibility index (Phi) is 5.62. The molecular formula is C20H20ClF4N3O. The SMILES string of the molecule is CN1CC[C@@]2(C[C@@H](F)[C@H](c3cc(-c4ccc(C(F)(F)F)cc4)ccn3)N2)C1=O.Cl. The number of halogens is 5. The topological polar surface area (TPSA) is 45.2 Å². The molecule has 1 N–H and O–H groups in total. The Morgan fingerprint density at radius 2 is 1.86 bits per heavy atom. The van der Waals surface area contributed by atoms with E-state index >= 15 is 0 Å². The van der Waals surface area contributed by atoms with Crippen LogP contribution in [0.4, 0.5) is 17.6 Å². The van der Waals surface area contributed by atoms with Crippen molar-refractivity contribution in [3.05, 3.63) is 53.9 Å². The molecule has 0 saturated carbocycles. The molecule has 1 spiro atoms. The Bertz CT molecular complexity index is 905. The van der Waals surface area contributed by atoms with Gasteiger partial charge in [0.15, 0.2) is 0 Å². The highest BCUT2D eigenvalue weighted by Gasteiger charge is 2.54. The second kappa shape index (κ2) is 7.57. The molecule has 2 aromatic rings. The van der Waals surface area contributed by atoms with Crippen LogP contribution in [0.25, 0.3) is 11.1 Å². The molecular weight excluding hydrogens is 410 g/mol. The van der Waals surface area contributed by atoms with Crippen molar-refractivity contribution >= 4 is 18.3 Å². The maximum absolute atomic E-state index is 14.8. The molecule has 0 aliphatic carbocycles. The first-order valence-electron chi connectivity index (χ1n) is 9.00. The summed E-state index contributed by atoms with van der Waals surface area (Å²) in [5.41, 5.74) is 0.0342. The zero-order chi connectivity index (χ0) is 20.1. The minimum absolute atomic E-state index is 0. The lowest BCUT2D eigenvalue weighted by molar-refractivity contribution is -0.137. The molecule has 4 nitrogen and oxygen atoms in total. The summed E-state index contributed by atoms with van der Waals surface area (Å²) in [7, 11) is 1.70. The first-order chi connectivity index (χ1) is 13.2. The second-order valence-electron chi connectivity index (χ2n) is 7.45. The van der Waals surface area contributed by atoms with Crippen molar-refractivity contribution in [3.63, 3.8) is 0 Å². The largest absolute Gasteiger partial charge is 0.416 e. The van der Waals surface area contributed by atoms with Gasteiger partial charge in [-0.05, 0) is 41.8 Å². The van der Waals surface area contributed by atoms with Gasteiger partial charge in [-0.25, -0.2) is 4.39 Å². The van der Waals surface area contributed by atoms with Crippen LogP contribution in [-0.2, 0) is 11.0 Å². The van der Waals surface area contributed by atoms with E-state index in [1.54, 1.807) is 24.1 Å². The minimum atomic E-state index is -4.40. The number of benzene rings is 1. The van der Waals surface area contributed by atoms with E-state index in [0.29, 0.717) is 29.8 Å². The van der Waals surface area contributed by atoms with Crippen LogP contribution in [0.1, 0.15) is 30.1 Å². The molecule has 3 heterocycles. The summed E-state index contributed by atoms with van der Waals surface area (Å²) < 4.78 is 53.0. The monoisotopic (exact) mass is 429 g/mol. The lowest BCUT2D eigenvalue weighted by Crippen LogP contribution is -2.47. The van der Waals surface area contributed by atoms with E-state index in [1.807, 2.05) is 0 Å². The minimum Gasteiger partial charge on any atom is -0.344 e. The Balaban J connectivity index is 0.00000240. The molecule has 1 aromatic carbocycles. The standard InChI is InChI=1S/C20H19F4N3O.ClH/c1-27-9-7-19(18(27)28)11-15(21)17(26-19)16-10-13(6-8-25-16)12-2-4-14(5-3-12)20(22,23)24;/h2-6,8,10,15,17,26H,7,9,11H2,1H3;1H/t15-,17-,19-;/m1./s1. The second-order valence-corrected chi connectivity index (χ2v) is 7.45. The van der Waals surface area contributed by atoms with Crippen LogP contribution in [0.5, 0.6) is 0 Å². The molecule has 1 aromatic heterocycles. The van der Waals surface area contributed by atoms with Crippen LogP contribution >= 0.6 is 12.4 Å². The quantitative estimate of drug-likeness (QED) is 0.729. The fourth-order valence-electron chi connectivity index (χ4n) is 4.06. The number of nitrogens with zero attached hydrogens (tertiary/aromatic N) is 2. The molecule has 9 heteroatoms. The highest BCUT2D eigenvalue weighted by atomic mass is 35.5. The van der Waals surface area contributed by atoms with Gasteiger partial charge in [0.05, 0.1) is 17.3 Å². The number of hydrogen-bond acceptors (Lipinski definition) is 3. The lowest BCUT2D eigenvalue weighted by Gasteiger charge is -2.22. The molecule has 2 aliphatic heterocycles. The molecule has 2 fully saturated rings. The van der Waals surface area contributed by atoms with Gasteiger partial charge in [-0.15, -0.1) is 12.4 Å². The van der Waals surface area contributed by atoms with E-state index in [4.69, 9.17) is 0 Å². The van der Waals surface area contributed by atoms with Gasteiger partial charge < -0.3 is 4.90 Å². The van der Waals surface area contributed by atoms with Crippen LogP contribution in [0.15, 0.2) is 42.6 Å². The normalized spacial score (nSPS) is 26.8. The summed E-state index contributed by atoms with van der Waals surface area (Å²) in [6.07, 6.45) is -3.53. The van der Waals surface area contributed by atoms with Gasteiger partial charge in [0.2, 0.25) is 5.91 Å². The number of nitrogens with one attached hydrogen (secondary N) is 1. The van der Waals surface area contributed by atoms with E-state index in [0.717, 1.165) is 12.1 Å². The molecule has 0 unspecified atom stereocenters. The molecule has 2 aliphatic rings. The molecule has 1 amide bonds. The highest BCUT2D eigenvalue weighted by Crippen LogP contribution is 2.41. The van der Waals surface area contributed by atoms with E-state index in [-0.39, 0.29) is 24.7 Å². The van der Waals surface area contributed by atoms with E-state index in [2.05, 4.69) is 10.3 Å². The number of hydrogen-bond donors (Lipinski definition) is 1. The third kappa shape index (κ3) is 3.83. The fourth-order valence-corrected chi connectivity index (χ4v) is 4.06. The highest BCUT2D eigenvalue weighted by molar-refractivity contribution is 5.89. The van der Waals surface area contributed by atoms with Crippen LogP contribution in [-0.4, -0.2) is 41.1 Å². The van der Waals surface area contributed by atoms with Crippen LogP contribution in [0.2, 0.25) is 0 Å². The number of rotatable bonds is 2. The number of likely N-dealkylation sites (N-methyl/N-ethyl adjacent to an activating group) is 1. The molecule has 29 heavy (non-hydrogen) atoms. The summed E-state index contributed by atoms with van der Waals surface area (Å²) in [6, 6.07) is 7.40. The van der Waals surface area contributed by atoms with E-state index < -0.39 is 29.5 Å². The molecule has 4 rings (SSSR count).